The first-order chi connectivity index (χ1) is 10.2. The van der Waals surface area contributed by atoms with E-state index in [1.54, 1.807) is 6.92 Å². The summed E-state index contributed by atoms with van der Waals surface area (Å²) in [6, 6.07) is 7.79. The number of ether oxygens (including phenoxy) is 1. The van der Waals surface area contributed by atoms with E-state index in [1.807, 2.05) is 24.3 Å². The number of unbranched alkanes of at least 4 members (excludes halogenated alkanes) is 1. The molecule has 0 amide bonds. The van der Waals surface area contributed by atoms with Crippen LogP contribution in [0.3, 0.4) is 0 Å². The van der Waals surface area contributed by atoms with Gasteiger partial charge >= 0.3 is 5.97 Å². The molecular weight excluding hydrogens is 332 g/mol. The minimum absolute atomic E-state index is 0.00854. The van der Waals surface area contributed by atoms with E-state index in [-0.39, 0.29) is 11.8 Å². The van der Waals surface area contributed by atoms with Crippen LogP contribution >= 0.6 is 15.9 Å². The van der Waals surface area contributed by atoms with Crippen LogP contribution in [-0.2, 0) is 26.2 Å². The Bertz CT molecular complexity index is 527. The van der Waals surface area contributed by atoms with Crippen molar-refractivity contribution in [2.75, 3.05) is 11.9 Å². The fourth-order valence-electron chi connectivity index (χ4n) is 3.11. The number of benzene rings is 1. The van der Waals surface area contributed by atoms with Crippen LogP contribution in [0.5, 0.6) is 0 Å². The number of aryl methyl sites for hydroxylation is 1. The zero-order valence-electron chi connectivity index (χ0n) is 12.4. The molecule has 0 N–H and O–H groups in total. The standard InChI is InChI=1S/C17H21BrO3/c1-2-21-16(20)17(11-5-6-12-18)14-8-4-3-7-13(14)9-10-15(17)19/h3-4,7-8H,2,5-6,9-12H2,1H3. The Morgan fingerprint density at radius 1 is 1.29 bits per heavy atom. The first-order valence-corrected chi connectivity index (χ1v) is 8.63. The third kappa shape index (κ3) is 3.05. The maximum atomic E-state index is 12.7. The first-order valence-electron chi connectivity index (χ1n) is 7.51. The summed E-state index contributed by atoms with van der Waals surface area (Å²) in [5.74, 6) is -0.369. The molecule has 0 bridgehead atoms. The van der Waals surface area contributed by atoms with Crippen molar-refractivity contribution in [3.8, 4) is 0 Å². The molecule has 1 aliphatic carbocycles. The topological polar surface area (TPSA) is 43.4 Å². The summed E-state index contributed by atoms with van der Waals surface area (Å²) in [4.78, 5) is 25.3. The molecule has 4 heteroatoms. The van der Waals surface area contributed by atoms with Crippen LogP contribution in [0.25, 0.3) is 0 Å². The molecule has 1 aliphatic rings. The average Bonchev–Trinajstić information content (AvgIpc) is 2.50. The molecule has 1 unspecified atom stereocenters. The molecule has 0 saturated carbocycles. The number of ketones is 1. The number of halogens is 1. The van der Waals surface area contributed by atoms with Crippen LogP contribution in [0.1, 0.15) is 43.7 Å². The Morgan fingerprint density at radius 2 is 2.05 bits per heavy atom. The third-order valence-corrected chi connectivity index (χ3v) is 4.69. The molecular formula is C17H21BrO3. The van der Waals surface area contributed by atoms with E-state index in [1.165, 1.54) is 0 Å². The molecule has 1 aromatic rings. The van der Waals surface area contributed by atoms with Gasteiger partial charge in [0.1, 0.15) is 0 Å². The Kier molecular flexibility index (Phi) is 5.57. The van der Waals surface area contributed by atoms with Crippen LogP contribution in [0.4, 0.5) is 0 Å². The van der Waals surface area contributed by atoms with Gasteiger partial charge in [-0.3, -0.25) is 9.59 Å². The lowest BCUT2D eigenvalue weighted by Gasteiger charge is -2.35. The molecule has 2 rings (SSSR count). The molecule has 1 atom stereocenters. The number of carbonyl (C=O) groups excluding carboxylic acids is 2. The summed E-state index contributed by atoms with van der Waals surface area (Å²) < 4.78 is 5.27. The van der Waals surface area contributed by atoms with Crippen molar-refractivity contribution in [2.45, 2.75) is 44.4 Å². The summed E-state index contributed by atoms with van der Waals surface area (Å²) in [5.41, 5.74) is 0.866. The van der Waals surface area contributed by atoms with E-state index in [2.05, 4.69) is 15.9 Å². The van der Waals surface area contributed by atoms with E-state index >= 15 is 0 Å². The fraction of sp³-hybridized carbons (Fsp3) is 0.529. The van der Waals surface area contributed by atoms with Crippen LogP contribution in [0, 0.1) is 0 Å². The highest BCUT2D eigenvalue weighted by Crippen LogP contribution is 2.40. The maximum absolute atomic E-state index is 12.7. The van der Waals surface area contributed by atoms with Crippen molar-refractivity contribution in [3.63, 3.8) is 0 Å². The van der Waals surface area contributed by atoms with Crippen LogP contribution in [-0.4, -0.2) is 23.7 Å². The number of hydrogen-bond donors (Lipinski definition) is 0. The highest BCUT2D eigenvalue weighted by Gasteiger charge is 2.50. The van der Waals surface area contributed by atoms with Crippen LogP contribution in [0.2, 0.25) is 0 Å². The summed E-state index contributed by atoms with van der Waals surface area (Å²) in [6.45, 7) is 2.08. The molecule has 1 aromatic carbocycles. The molecule has 0 radical (unpaired) electrons. The van der Waals surface area contributed by atoms with Gasteiger partial charge in [0.25, 0.3) is 0 Å². The van der Waals surface area contributed by atoms with Crippen molar-refractivity contribution in [1.29, 1.82) is 0 Å². The van der Waals surface area contributed by atoms with Crippen molar-refractivity contribution in [1.82, 2.24) is 0 Å². The minimum atomic E-state index is -1.09. The zero-order valence-corrected chi connectivity index (χ0v) is 13.9. The molecule has 0 fully saturated rings. The lowest BCUT2D eigenvalue weighted by atomic mass is 9.66. The van der Waals surface area contributed by atoms with E-state index < -0.39 is 5.41 Å². The van der Waals surface area contributed by atoms with Gasteiger partial charge in [-0.05, 0) is 37.3 Å². The van der Waals surface area contributed by atoms with Crippen molar-refractivity contribution in [2.24, 2.45) is 0 Å². The van der Waals surface area contributed by atoms with Crippen LogP contribution in [0.15, 0.2) is 24.3 Å². The molecule has 0 aromatic heterocycles. The van der Waals surface area contributed by atoms with Gasteiger partial charge in [-0.15, -0.1) is 0 Å². The Balaban J connectivity index is 2.46. The second-order valence-electron chi connectivity index (χ2n) is 5.35. The van der Waals surface area contributed by atoms with Gasteiger partial charge in [0.05, 0.1) is 6.61 Å². The van der Waals surface area contributed by atoms with Crippen molar-refractivity contribution >= 4 is 27.7 Å². The van der Waals surface area contributed by atoms with Gasteiger partial charge in [0.2, 0.25) is 0 Å². The normalized spacial score (nSPS) is 21.0. The number of carbonyl (C=O) groups is 2. The number of alkyl halides is 1. The minimum Gasteiger partial charge on any atom is -0.465 e. The molecule has 21 heavy (non-hydrogen) atoms. The van der Waals surface area contributed by atoms with Crippen molar-refractivity contribution in [3.05, 3.63) is 35.4 Å². The molecule has 114 valence electrons. The number of hydrogen-bond acceptors (Lipinski definition) is 3. The molecule has 3 nitrogen and oxygen atoms in total. The third-order valence-electron chi connectivity index (χ3n) is 4.13. The predicted octanol–water partition coefficient (Wildman–Crippen LogP) is 3.57. The number of Topliss-reactive ketones (excluding diaryl/α,β-unsaturated/α-hetero) is 1. The largest absolute Gasteiger partial charge is 0.465 e. The highest BCUT2D eigenvalue weighted by molar-refractivity contribution is 9.09. The van der Waals surface area contributed by atoms with E-state index in [0.717, 1.165) is 29.3 Å². The van der Waals surface area contributed by atoms with E-state index in [4.69, 9.17) is 4.74 Å². The number of fused-ring (bicyclic) bond motifs is 1. The second-order valence-corrected chi connectivity index (χ2v) is 6.15. The van der Waals surface area contributed by atoms with Crippen LogP contribution < -0.4 is 0 Å². The van der Waals surface area contributed by atoms with Gasteiger partial charge in [-0.2, -0.15) is 0 Å². The maximum Gasteiger partial charge on any atom is 0.324 e. The lowest BCUT2D eigenvalue weighted by Crippen LogP contribution is -2.48. The first kappa shape index (κ1) is 16.2. The van der Waals surface area contributed by atoms with E-state index in [0.29, 0.717) is 25.9 Å². The molecule has 0 heterocycles. The Morgan fingerprint density at radius 3 is 2.76 bits per heavy atom. The molecule has 0 aliphatic heterocycles. The SMILES string of the molecule is CCOC(=O)C1(CCCCBr)C(=O)CCc2ccccc21. The summed E-state index contributed by atoms with van der Waals surface area (Å²) >= 11 is 3.41. The summed E-state index contributed by atoms with van der Waals surface area (Å²) in [5, 5.41) is 0.877. The highest BCUT2D eigenvalue weighted by atomic mass is 79.9. The van der Waals surface area contributed by atoms with Gasteiger partial charge in [-0.1, -0.05) is 46.6 Å². The second kappa shape index (κ2) is 7.21. The van der Waals surface area contributed by atoms with Gasteiger partial charge < -0.3 is 4.74 Å². The number of esters is 1. The average molecular weight is 353 g/mol. The Hall–Kier alpha value is -1.16. The van der Waals surface area contributed by atoms with Crippen molar-refractivity contribution < 1.29 is 14.3 Å². The lowest BCUT2D eigenvalue weighted by molar-refractivity contribution is -0.155. The predicted molar refractivity (Wildman–Crippen MR) is 85.7 cm³/mol. The smallest absolute Gasteiger partial charge is 0.324 e. The monoisotopic (exact) mass is 352 g/mol. The zero-order chi connectivity index (χ0) is 15.3. The molecule has 0 saturated heterocycles. The van der Waals surface area contributed by atoms with Gasteiger partial charge in [0, 0.05) is 11.8 Å². The fourth-order valence-corrected chi connectivity index (χ4v) is 3.50. The summed E-state index contributed by atoms with van der Waals surface area (Å²) in [6.07, 6.45) is 3.44. The Labute approximate surface area is 134 Å². The van der Waals surface area contributed by atoms with E-state index in [9.17, 15) is 9.59 Å². The van der Waals surface area contributed by atoms with Gasteiger partial charge in [-0.25, -0.2) is 0 Å². The van der Waals surface area contributed by atoms with Gasteiger partial charge in [0.15, 0.2) is 11.2 Å². The summed E-state index contributed by atoms with van der Waals surface area (Å²) in [7, 11) is 0. The quantitative estimate of drug-likeness (QED) is 0.340. The number of rotatable bonds is 6. The molecule has 0 spiro atoms.